The third kappa shape index (κ3) is 9.85. The third-order valence-electron chi connectivity index (χ3n) is 2.98. The summed E-state index contributed by atoms with van der Waals surface area (Å²) in [6.07, 6.45) is 6.76. The second-order valence-electron chi connectivity index (χ2n) is 4.88. The van der Waals surface area contributed by atoms with E-state index in [9.17, 15) is 8.42 Å². The molecule has 0 spiro atoms. The van der Waals surface area contributed by atoms with E-state index in [1.807, 2.05) is 7.05 Å². The average Bonchev–Trinajstić information content (AvgIpc) is 2.32. The van der Waals surface area contributed by atoms with Gasteiger partial charge in [-0.05, 0) is 39.3 Å². The van der Waals surface area contributed by atoms with E-state index in [0.717, 1.165) is 51.5 Å². The summed E-state index contributed by atoms with van der Waals surface area (Å²) in [5.41, 5.74) is 0. The molecule has 0 aromatic carbocycles. The van der Waals surface area contributed by atoms with Crippen LogP contribution in [0.5, 0.6) is 0 Å². The van der Waals surface area contributed by atoms with Crippen molar-refractivity contribution in [3.8, 4) is 0 Å². The summed E-state index contributed by atoms with van der Waals surface area (Å²) in [5.74, 6) is 0.251. The first-order chi connectivity index (χ1) is 8.55. The van der Waals surface area contributed by atoms with E-state index in [0.29, 0.717) is 0 Å². The van der Waals surface area contributed by atoms with Crippen LogP contribution < -0.4 is 10.0 Å². The average molecular weight is 278 g/mol. The molecule has 0 radical (unpaired) electrons. The minimum absolute atomic E-state index is 0.129. The maximum Gasteiger partial charge on any atom is 0.211 e. The number of hydrogen-bond donors (Lipinski definition) is 2. The van der Waals surface area contributed by atoms with Gasteiger partial charge in [-0.3, -0.25) is 0 Å². The number of sulfonamides is 1. The normalized spacial score (nSPS) is 13.7. The van der Waals surface area contributed by atoms with Crippen LogP contribution in [0.4, 0.5) is 0 Å². The van der Waals surface area contributed by atoms with Crippen molar-refractivity contribution in [1.29, 1.82) is 0 Å². The molecule has 0 saturated heterocycles. The van der Waals surface area contributed by atoms with Crippen LogP contribution in [0.25, 0.3) is 0 Å². The molecule has 0 aliphatic rings. The van der Waals surface area contributed by atoms with Gasteiger partial charge in [-0.2, -0.15) is 0 Å². The van der Waals surface area contributed by atoms with Crippen LogP contribution in [0.2, 0.25) is 0 Å². The molecule has 0 saturated carbocycles. The quantitative estimate of drug-likeness (QED) is 0.538. The molecule has 18 heavy (non-hydrogen) atoms. The highest BCUT2D eigenvalue weighted by atomic mass is 32.2. The van der Waals surface area contributed by atoms with Gasteiger partial charge in [0.25, 0.3) is 0 Å². The molecular weight excluding hydrogens is 248 g/mol. The minimum Gasteiger partial charge on any atom is -0.320 e. The zero-order valence-corrected chi connectivity index (χ0v) is 13.0. The Morgan fingerprint density at radius 3 is 2.28 bits per heavy atom. The molecule has 1 unspecified atom stereocenters. The lowest BCUT2D eigenvalue weighted by Gasteiger charge is -2.17. The van der Waals surface area contributed by atoms with Gasteiger partial charge in [-0.1, -0.05) is 33.1 Å². The fraction of sp³-hybridized carbons (Fsp3) is 1.00. The van der Waals surface area contributed by atoms with Crippen molar-refractivity contribution in [1.82, 2.24) is 10.0 Å². The highest BCUT2D eigenvalue weighted by Gasteiger charge is 2.16. The Kier molecular flexibility index (Phi) is 10.7. The Labute approximate surface area is 113 Å². The van der Waals surface area contributed by atoms with Gasteiger partial charge in [-0.15, -0.1) is 0 Å². The Balaban J connectivity index is 4.06. The first kappa shape index (κ1) is 17.9. The lowest BCUT2D eigenvalue weighted by atomic mass is 10.1. The van der Waals surface area contributed by atoms with Gasteiger partial charge >= 0.3 is 0 Å². The fourth-order valence-electron chi connectivity index (χ4n) is 1.97. The molecule has 0 heterocycles. The van der Waals surface area contributed by atoms with Crippen LogP contribution in [-0.2, 0) is 10.0 Å². The molecule has 4 nitrogen and oxygen atoms in total. The van der Waals surface area contributed by atoms with Gasteiger partial charge in [0.05, 0.1) is 5.75 Å². The van der Waals surface area contributed by atoms with Crippen LogP contribution in [0.1, 0.15) is 58.8 Å². The molecule has 0 bridgehead atoms. The lowest BCUT2D eigenvalue weighted by molar-refractivity contribution is 0.482. The summed E-state index contributed by atoms with van der Waals surface area (Å²) in [4.78, 5) is 0. The SMILES string of the molecule is CCCCC(CCC)NS(=O)(=O)CCCCNC. The number of hydrogen-bond acceptors (Lipinski definition) is 3. The number of rotatable bonds is 12. The molecule has 2 N–H and O–H groups in total. The van der Waals surface area contributed by atoms with Crippen LogP contribution in [0.3, 0.4) is 0 Å². The Bertz CT molecular complexity index is 279. The number of unbranched alkanes of at least 4 members (excludes halogenated alkanes) is 2. The van der Waals surface area contributed by atoms with Crippen molar-refractivity contribution in [2.24, 2.45) is 0 Å². The predicted molar refractivity (Wildman–Crippen MR) is 78.3 cm³/mol. The molecule has 0 aromatic heterocycles. The summed E-state index contributed by atoms with van der Waals surface area (Å²) >= 11 is 0. The first-order valence-electron chi connectivity index (χ1n) is 7.20. The molecule has 0 amide bonds. The van der Waals surface area contributed by atoms with Gasteiger partial charge < -0.3 is 5.32 Å². The molecule has 0 aromatic rings. The van der Waals surface area contributed by atoms with E-state index < -0.39 is 10.0 Å². The fourth-order valence-corrected chi connectivity index (χ4v) is 3.41. The first-order valence-corrected chi connectivity index (χ1v) is 8.85. The zero-order valence-electron chi connectivity index (χ0n) is 12.2. The third-order valence-corrected chi connectivity index (χ3v) is 4.50. The van der Waals surface area contributed by atoms with Crippen molar-refractivity contribution < 1.29 is 8.42 Å². The van der Waals surface area contributed by atoms with Crippen molar-refractivity contribution in [2.75, 3.05) is 19.3 Å². The topological polar surface area (TPSA) is 58.2 Å². The largest absolute Gasteiger partial charge is 0.320 e. The Morgan fingerprint density at radius 1 is 1.00 bits per heavy atom. The van der Waals surface area contributed by atoms with Gasteiger partial charge in [0.2, 0.25) is 10.0 Å². The Hall–Kier alpha value is -0.130. The van der Waals surface area contributed by atoms with E-state index in [4.69, 9.17) is 0 Å². The number of nitrogens with one attached hydrogen (secondary N) is 2. The summed E-state index contributed by atoms with van der Waals surface area (Å²) in [5, 5.41) is 3.03. The van der Waals surface area contributed by atoms with Crippen LogP contribution in [0.15, 0.2) is 0 Å². The molecule has 0 fully saturated rings. The summed E-state index contributed by atoms with van der Waals surface area (Å²) in [6, 6.07) is 0.129. The van der Waals surface area contributed by atoms with E-state index in [-0.39, 0.29) is 11.8 Å². The molecule has 0 aliphatic heterocycles. The maximum absolute atomic E-state index is 11.9. The zero-order chi connectivity index (χ0) is 13.9. The molecule has 5 heteroatoms. The van der Waals surface area contributed by atoms with E-state index in [1.165, 1.54) is 0 Å². The van der Waals surface area contributed by atoms with Gasteiger partial charge in [0.15, 0.2) is 0 Å². The summed E-state index contributed by atoms with van der Waals surface area (Å²) in [6.45, 7) is 5.11. The van der Waals surface area contributed by atoms with Gasteiger partial charge in [0, 0.05) is 6.04 Å². The minimum atomic E-state index is -3.09. The highest BCUT2D eigenvalue weighted by molar-refractivity contribution is 7.89. The second kappa shape index (κ2) is 10.8. The Morgan fingerprint density at radius 2 is 1.72 bits per heavy atom. The molecule has 110 valence electrons. The molecule has 0 aliphatic carbocycles. The second-order valence-corrected chi connectivity index (χ2v) is 6.75. The predicted octanol–water partition coefficient (Wildman–Crippen LogP) is 2.26. The van der Waals surface area contributed by atoms with Crippen molar-refractivity contribution in [2.45, 2.75) is 64.8 Å². The smallest absolute Gasteiger partial charge is 0.211 e. The van der Waals surface area contributed by atoms with Gasteiger partial charge in [0.1, 0.15) is 0 Å². The summed E-state index contributed by atoms with van der Waals surface area (Å²) < 4.78 is 26.7. The molecular formula is C13H30N2O2S. The molecule has 0 rings (SSSR count). The van der Waals surface area contributed by atoms with E-state index in [1.54, 1.807) is 0 Å². The van der Waals surface area contributed by atoms with Crippen LogP contribution in [0, 0.1) is 0 Å². The lowest BCUT2D eigenvalue weighted by Crippen LogP contribution is -2.36. The van der Waals surface area contributed by atoms with Crippen molar-refractivity contribution in [3.63, 3.8) is 0 Å². The summed E-state index contributed by atoms with van der Waals surface area (Å²) in [7, 11) is -1.21. The van der Waals surface area contributed by atoms with E-state index >= 15 is 0 Å². The monoisotopic (exact) mass is 278 g/mol. The highest BCUT2D eigenvalue weighted by Crippen LogP contribution is 2.09. The van der Waals surface area contributed by atoms with Crippen molar-refractivity contribution >= 4 is 10.0 Å². The van der Waals surface area contributed by atoms with Crippen molar-refractivity contribution in [3.05, 3.63) is 0 Å². The van der Waals surface area contributed by atoms with Crippen LogP contribution >= 0.6 is 0 Å². The van der Waals surface area contributed by atoms with Crippen LogP contribution in [-0.4, -0.2) is 33.8 Å². The van der Waals surface area contributed by atoms with Gasteiger partial charge in [-0.25, -0.2) is 13.1 Å². The maximum atomic E-state index is 11.9. The standard InChI is InChI=1S/C13H30N2O2S/c1-4-6-10-13(9-5-2)15-18(16,17)12-8-7-11-14-3/h13-15H,4-12H2,1-3H3. The van der Waals surface area contributed by atoms with E-state index in [2.05, 4.69) is 23.9 Å². The molecule has 1 atom stereocenters.